The zero-order chi connectivity index (χ0) is 12.3. The first kappa shape index (κ1) is 11.7. The van der Waals surface area contributed by atoms with Crippen LogP contribution in [0.15, 0.2) is 24.7 Å². The summed E-state index contributed by atoms with van der Waals surface area (Å²) in [6.07, 6.45) is 5.62. The molecule has 0 amide bonds. The maximum absolute atomic E-state index is 13.2. The number of nitrogens with zero attached hydrogens (tertiary/aromatic N) is 3. The minimum atomic E-state index is -0.322. The summed E-state index contributed by atoms with van der Waals surface area (Å²) in [5.74, 6) is 1.33. The highest BCUT2D eigenvalue weighted by Gasteiger charge is 2.10. The molecule has 5 heteroatoms. The van der Waals surface area contributed by atoms with Crippen LogP contribution < -0.4 is 5.32 Å². The monoisotopic (exact) mass is 234 g/mol. The maximum atomic E-state index is 13.2. The quantitative estimate of drug-likeness (QED) is 0.875. The first-order valence-corrected chi connectivity index (χ1v) is 5.58. The van der Waals surface area contributed by atoms with Crippen molar-refractivity contribution in [2.45, 2.75) is 19.9 Å². The van der Waals surface area contributed by atoms with Crippen molar-refractivity contribution in [2.24, 2.45) is 0 Å². The highest BCUT2D eigenvalue weighted by Crippen LogP contribution is 2.15. The fourth-order valence-corrected chi connectivity index (χ4v) is 1.80. The topological polar surface area (TPSA) is 42.7 Å². The van der Waals surface area contributed by atoms with E-state index in [1.807, 2.05) is 24.7 Å². The molecule has 0 aliphatic rings. The fourth-order valence-electron chi connectivity index (χ4n) is 1.80. The van der Waals surface area contributed by atoms with Gasteiger partial charge in [-0.15, -0.1) is 0 Å². The van der Waals surface area contributed by atoms with Crippen LogP contribution in [0.25, 0.3) is 5.82 Å². The van der Waals surface area contributed by atoms with Crippen molar-refractivity contribution in [2.75, 3.05) is 7.05 Å². The third kappa shape index (κ3) is 2.34. The molecule has 0 aromatic carbocycles. The van der Waals surface area contributed by atoms with E-state index in [1.54, 1.807) is 6.20 Å². The number of aromatic nitrogens is 3. The van der Waals surface area contributed by atoms with Gasteiger partial charge in [0.1, 0.15) is 17.5 Å². The SMILES string of the molecule is CCc1nccn1-c1ncc(F)cc1CNC. The van der Waals surface area contributed by atoms with E-state index in [1.165, 1.54) is 12.3 Å². The second-order valence-corrected chi connectivity index (χ2v) is 3.73. The number of pyridine rings is 1. The average Bonchev–Trinajstić information content (AvgIpc) is 2.78. The molecule has 2 heterocycles. The highest BCUT2D eigenvalue weighted by molar-refractivity contribution is 5.35. The summed E-state index contributed by atoms with van der Waals surface area (Å²) < 4.78 is 15.1. The van der Waals surface area contributed by atoms with Crippen LogP contribution in [0, 0.1) is 5.82 Å². The smallest absolute Gasteiger partial charge is 0.142 e. The Morgan fingerprint density at radius 1 is 1.41 bits per heavy atom. The van der Waals surface area contributed by atoms with Gasteiger partial charge in [-0.2, -0.15) is 0 Å². The Labute approximate surface area is 99.5 Å². The number of nitrogens with one attached hydrogen (secondary N) is 1. The first-order chi connectivity index (χ1) is 8.26. The normalized spacial score (nSPS) is 10.8. The number of halogens is 1. The van der Waals surface area contributed by atoms with E-state index in [4.69, 9.17) is 0 Å². The molecular formula is C12H15FN4. The fraction of sp³-hybridized carbons (Fsp3) is 0.333. The number of imidazole rings is 1. The molecule has 0 spiro atoms. The molecule has 17 heavy (non-hydrogen) atoms. The Morgan fingerprint density at radius 3 is 2.94 bits per heavy atom. The van der Waals surface area contributed by atoms with E-state index in [-0.39, 0.29) is 5.82 Å². The van der Waals surface area contributed by atoms with Crippen LogP contribution in [0.2, 0.25) is 0 Å². The summed E-state index contributed by atoms with van der Waals surface area (Å²) in [4.78, 5) is 8.40. The van der Waals surface area contributed by atoms with Crippen LogP contribution in [0.5, 0.6) is 0 Å². The zero-order valence-corrected chi connectivity index (χ0v) is 9.94. The Kier molecular flexibility index (Phi) is 3.49. The molecule has 0 atom stereocenters. The van der Waals surface area contributed by atoms with E-state index in [0.29, 0.717) is 6.54 Å². The summed E-state index contributed by atoms with van der Waals surface area (Å²) in [7, 11) is 1.82. The van der Waals surface area contributed by atoms with Crippen LogP contribution in [0.4, 0.5) is 4.39 Å². The predicted octanol–water partition coefficient (Wildman–Crippen LogP) is 1.69. The van der Waals surface area contributed by atoms with E-state index >= 15 is 0 Å². The molecule has 4 nitrogen and oxygen atoms in total. The summed E-state index contributed by atoms with van der Waals surface area (Å²) in [5.41, 5.74) is 0.820. The Bertz CT molecular complexity index is 507. The Balaban J connectivity index is 2.50. The number of hydrogen-bond acceptors (Lipinski definition) is 3. The summed E-state index contributed by atoms with van der Waals surface area (Å²) in [5, 5.41) is 3.01. The Hall–Kier alpha value is -1.75. The first-order valence-electron chi connectivity index (χ1n) is 5.58. The number of rotatable bonds is 4. The van der Waals surface area contributed by atoms with Crippen molar-refractivity contribution < 1.29 is 4.39 Å². The van der Waals surface area contributed by atoms with Gasteiger partial charge in [-0.1, -0.05) is 6.92 Å². The van der Waals surface area contributed by atoms with Gasteiger partial charge in [0.15, 0.2) is 0 Å². The van der Waals surface area contributed by atoms with Gasteiger partial charge in [0, 0.05) is 30.9 Å². The Morgan fingerprint density at radius 2 is 2.24 bits per heavy atom. The van der Waals surface area contributed by atoms with Gasteiger partial charge in [-0.25, -0.2) is 14.4 Å². The van der Waals surface area contributed by atoms with E-state index in [2.05, 4.69) is 15.3 Å². The van der Waals surface area contributed by atoms with Crippen LogP contribution in [-0.2, 0) is 13.0 Å². The summed E-state index contributed by atoms with van der Waals surface area (Å²) in [6.45, 7) is 2.60. The van der Waals surface area contributed by atoms with Crippen molar-refractivity contribution >= 4 is 0 Å². The molecule has 2 aromatic rings. The molecule has 0 unspecified atom stereocenters. The van der Waals surface area contributed by atoms with Crippen molar-refractivity contribution in [3.8, 4) is 5.82 Å². The van der Waals surface area contributed by atoms with E-state index in [9.17, 15) is 4.39 Å². The number of aryl methyl sites for hydroxylation is 1. The van der Waals surface area contributed by atoms with Gasteiger partial charge in [0.2, 0.25) is 0 Å². The van der Waals surface area contributed by atoms with Crippen molar-refractivity contribution in [1.29, 1.82) is 0 Å². The molecule has 0 aliphatic heterocycles. The second kappa shape index (κ2) is 5.05. The lowest BCUT2D eigenvalue weighted by Gasteiger charge is -2.11. The largest absolute Gasteiger partial charge is 0.316 e. The number of hydrogen-bond donors (Lipinski definition) is 1. The van der Waals surface area contributed by atoms with E-state index < -0.39 is 0 Å². The van der Waals surface area contributed by atoms with Gasteiger partial charge in [0.25, 0.3) is 0 Å². The van der Waals surface area contributed by atoms with Crippen molar-refractivity contribution in [3.05, 3.63) is 41.9 Å². The molecular weight excluding hydrogens is 219 g/mol. The lowest BCUT2D eigenvalue weighted by molar-refractivity contribution is 0.614. The minimum absolute atomic E-state index is 0.322. The highest BCUT2D eigenvalue weighted by atomic mass is 19.1. The lowest BCUT2D eigenvalue weighted by atomic mass is 10.2. The van der Waals surface area contributed by atoms with Gasteiger partial charge in [-0.05, 0) is 13.1 Å². The van der Waals surface area contributed by atoms with Crippen LogP contribution in [0.1, 0.15) is 18.3 Å². The van der Waals surface area contributed by atoms with Crippen molar-refractivity contribution in [3.63, 3.8) is 0 Å². The van der Waals surface area contributed by atoms with Crippen LogP contribution >= 0.6 is 0 Å². The van der Waals surface area contributed by atoms with Gasteiger partial charge < -0.3 is 5.32 Å². The third-order valence-electron chi connectivity index (χ3n) is 2.54. The molecule has 2 rings (SSSR count). The lowest BCUT2D eigenvalue weighted by Crippen LogP contribution is -2.12. The van der Waals surface area contributed by atoms with Crippen LogP contribution in [-0.4, -0.2) is 21.6 Å². The predicted molar refractivity (Wildman–Crippen MR) is 63.5 cm³/mol. The molecule has 0 saturated carbocycles. The third-order valence-corrected chi connectivity index (χ3v) is 2.54. The summed E-state index contributed by atoms with van der Waals surface area (Å²) >= 11 is 0. The van der Waals surface area contributed by atoms with Gasteiger partial charge in [0.05, 0.1) is 6.20 Å². The zero-order valence-electron chi connectivity index (χ0n) is 9.94. The molecule has 90 valence electrons. The maximum Gasteiger partial charge on any atom is 0.142 e. The average molecular weight is 234 g/mol. The molecule has 2 aromatic heterocycles. The minimum Gasteiger partial charge on any atom is -0.316 e. The van der Waals surface area contributed by atoms with Gasteiger partial charge >= 0.3 is 0 Å². The molecule has 0 aliphatic carbocycles. The summed E-state index contributed by atoms with van der Waals surface area (Å²) in [6, 6.07) is 1.50. The molecule has 0 radical (unpaired) electrons. The molecule has 1 N–H and O–H groups in total. The molecule has 0 bridgehead atoms. The van der Waals surface area contributed by atoms with E-state index in [0.717, 1.165) is 23.6 Å². The van der Waals surface area contributed by atoms with Crippen molar-refractivity contribution in [1.82, 2.24) is 19.9 Å². The van der Waals surface area contributed by atoms with Crippen LogP contribution in [0.3, 0.4) is 0 Å². The second-order valence-electron chi connectivity index (χ2n) is 3.73. The standard InChI is InChI=1S/C12H15FN4/c1-3-11-15-4-5-17(11)12-9(7-14-2)6-10(13)8-16-12/h4-6,8,14H,3,7H2,1-2H3. The van der Waals surface area contributed by atoms with Gasteiger partial charge in [-0.3, -0.25) is 4.57 Å². The molecule has 0 saturated heterocycles. The molecule has 0 fully saturated rings.